The lowest BCUT2D eigenvalue weighted by Crippen LogP contribution is -2.26. The second-order valence-electron chi connectivity index (χ2n) is 3.10. The van der Waals surface area contributed by atoms with Crippen LogP contribution in [0, 0.1) is 6.92 Å². The molecule has 0 aromatic carbocycles. The molecule has 0 atom stereocenters. The molecule has 0 saturated carbocycles. The van der Waals surface area contributed by atoms with Crippen LogP contribution in [0.3, 0.4) is 0 Å². The number of nitrogens with zero attached hydrogens (tertiary/aromatic N) is 2. The monoisotopic (exact) mass is 194 g/mol. The molecule has 0 aliphatic rings. The predicted molar refractivity (Wildman–Crippen MR) is 52.8 cm³/mol. The van der Waals surface area contributed by atoms with E-state index < -0.39 is 0 Å². The van der Waals surface area contributed by atoms with Crippen molar-refractivity contribution in [3.8, 4) is 0 Å². The Morgan fingerprint density at radius 3 is 2.86 bits per heavy atom. The van der Waals surface area contributed by atoms with Gasteiger partial charge in [-0.05, 0) is 19.1 Å². The second kappa shape index (κ2) is 4.60. The summed E-state index contributed by atoms with van der Waals surface area (Å²) < 4.78 is 4.57. The molecule has 0 fully saturated rings. The summed E-state index contributed by atoms with van der Waals surface area (Å²) in [5.41, 5.74) is 1.80. The smallest absolute Gasteiger partial charge is 0.409 e. The first kappa shape index (κ1) is 10.5. The van der Waals surface area contributed by atoms with E-state index in [0.29, 0.717) is 6.54 Å². The van der Waals surface area contributed by atoms with Gasteiger partial charge in [0.2, 0.25) is 0 Å². The molecular formula is C10H14N2O2. The fraction of sp³-hybridized carbons (Fsp3) is 0.400. The predicted octanol–water partition coefficient (Wildman–Crippen LogP) is 1.59. The molecule has 4 nitrogen and oxygen atoms in total. The highest BCUT2D eigenvalue weighted by Gasteiger charge is 2.08. The van der Waals surface area contributed by atoms with Gasteiger partial charge < -0.3 is 9.64 Å². The molecule has 76 valence electrons. The summed E-state index contributed by atoms with van der Waals surface area (Å²) >= 11 is 0. The average molecular weight is 194 g/mol. The number of aromatic nitrogens is 1. The number of amides is 1. The second-order valence-corrected chi connectivity index (χ2v) is 3.10. The van der Waals surface area contributed by atoms with Gasteiger partial charge in [-0.2, -0.15) is 0 Å². The van der Waals surface area contributed by atoms with Crippen molar-refractivity contribution in [1.29, 1.82) is 0 Å². The molecule has 0 saturated heterocycles. The first-order chi connectivity index (χ1) is 6.63. The van der Waals surface area contributed by atoms with Gasteiger partial charge in [-0.1, -0.05) is 6.07 Å². The van der Waals surface area contributed by atoms with Crippen LogP contribution in [0.5, 0.6) is 0 Å². The number of hydrogen-bond donors (Lipinski definition) is 0. The highest BCUT2D eigenvalue weighted by molar-refractivity contribution is 5.66. The van der Waals surface area contributed by atoms with E-state index in [4.69, 9.17) is 0 Å². The number of carbonyl (C=O) groups is 1. The highest BCUT2D eigenvalue weighted by Crippen LogP contribution is 2.02. The molecule has 0 aliphatic heterocycles. The summed E-state index contributed by atoms with van der Waals surface area (Å²) in [4.78, 5) is 16.8. The Labute approximate surface area is 83.5 Å². The lowest BCUT2D eigenvalue weighted by molar-refractivity contribution is 0.130. The Morgan fingerprint density at radius 2 is 2.29 bits per heavy atom. The van der Waals surface area contributed by atoms with Gasteiger partial charge in [0.05, 0.1) is 19.3 Å². The molecule has 0 unspecified atom stereocenters. The van der Waals surface area contributed by atoms with Crippen molar-refractivity contribution < 1.29 is 9.53 Å². The largest absolute Gasteiger partial charge is 0.453 e. The van der Waals surface area contributed by atoms with Gasteiger partial charge >= 0.3 is 6.09 Å². The van der Waals surface area contributed by atoms with Gasteiger partial charge in [-0.15, -0.1) is 0 Å². The molecular weight excluding hydrogens is 180 g/mol. The molecule has 0 radical (unpaired) electrons. The van der Waals surface area contributed by atoms with Gasteiger partial charge in [0.1, 0.15) is 0 Å². The average Bonchev–Trinajstić information content (AvgIpc) is 2.16. The van der Waals surface area contributed by atoms with Crippen molar-refractivity contribution in [3.05, 3.63) is 29.6 Å². The number of aryl methyl sites for hydroxylation is 1. The van der Waals surface area contributed by atoms with Gasteiger partial charge in [0, 0.05) is 12.7 Å². The zero-order chi connectivity index (χ0) is 10.6. The van der Waals surface area contributed by atoms with Crippen LogP contribution < -0.4 is 0 Å². The molecule has 0 spiro atoms. The zero-order valence-corrected chi connectivity index (χ0v) is 8.65. The van der Waals surface area contributed by atoms with E-state index in [-0.39, 0.29) is 6.09 Å². The molecule has 1 aromatic heterocycles. The minimum Gasteiger partial charge on any atom is -0.453 e. The normalized spacial score (nSPS) is 9.64. The number of ether oxygens (including phenoxy) is 1. The Kier molecular flexibility index (Phi) is 3.45. The maximum Gasteiger partial charge on any atom is 0.409 e. The molecule has 4 heteroatoms. The van der Waals surface area contributed by atoms with Crippen molar-refractivity contribution in [3.63, 3.8) is 0 Å². The Balaban J connectivity index is 2.64. The highest BCUT2D eigenvalue weighted by atomic mass is 16.5. The van der Waals surface area contributed by atoms with E-state index in [2.05, 4.69) is 9.72 Å². The molecule has 1 amide bonds. The van der Waals surface area contributed by atoms with Crippen LogP contribution in [0.1, 0.15) is 11.4 Å². The third-order valence-corrected chi connectivity index (χ3v) is 1.83. The Bertz CT molecular complexity index is 326. The van der Waals surface area contributed by atoms with E-state index in [1.165, 1.54) is 12.0 Å². The topological polar surface area (TPSA) is 42.4 Å². The lowest BCUT2D eigenvalue weighted by atomic mass is 10.3. The molecule has 14 heavy (non-hydrogen) atoms. The van der Waals surface area contributed by atoms with Crippen molar-refractivity contribution >= 4 is 6.09 Å². The number of rotatable bonds is 2. The Hall–Kier alpha value is -1.58. The summed E-state index contributed by atoms with van der Waals surface area (Å²) in [6, 6.07) is 5.72. The van der Waals surface area contributed by atoms with Crippen molar-refractivity contribution in [2.24, 2.45) is 0 Å². The zero-order valence-electron chi connectivity index (χ0n) is 8.65. The molecule has 1 rings (SSSR count). The third-order valence-electron chi connectivity index (χ3n) is 1.83. The summed E-state index contributed by atoms with van der Waals surface area (Å²) in [5.74, 6) is 0. The first-order valence-electron chi connectivity index (χ1n) is 4.35. The fourth-order valence-electron chi connectivity index (χ4n) is 1.15. The SMILES string of the molecule is COC(=O)N(C)Cc1cccc(C)n1. The van der Waals surface area contributed by atoms with Crippen LogP contribution >= 0.6 is 0 Å². The molecule has 1 aromatic rings. The first-order valence-corrected chi connectivity index (χ1v) is 4.35. The Morgan fingerprint density at radius 1 is 1.57 bits per heavy atom. The van der Waals surface area contributed by atoms with Crippen LogP contribution in [-0.4, -0.2) is 30.1 Å². The van der Waals surface area contributed by atoms with Crippen LogP contribution in [0.4, 0.5) is 4.79 Å². The van der Waals surface area contributed by atoms with Crippen molar-refractivity contribution in [1.82, 2.24) is 9.88 Å². The fourth-order valence-corrected chi connectivity index (χ4v) is 1.15. The van der Waals surface area contributed by atoms with Crippen LogP contribution in [0.25, 0.3) is 0 Å². The molecule has 0 bridgehead atoms. The van der Waals surface area contributed by atoms with Gasteiger partial charge in [0.25, 0.3) is 0 Å². The number of methoxy groups -OCH3 is 1. The van der Waals surface area contributed by atoms with Gasteiger partial charge in [0.15, 0.2) is 0 Å². The van der Waals surface area contributed by atoms with E-state index >= 15 is 0 Å². The number of hydrogen-bond acceptors (Lipinski definition) is 3. The summed E-state index contributed by atoms with van der Waals surface area (Å²) in [6.07, 6.45) is -0.353. The van der Waals surface area contributed by atoms with E-state index in [0.717, 1.165) is 11.4 Å². The van der Waals surface area contributed by atoms with Gasteiger partial charge in [-0.3, -0.25) is 4.98 Å². The lowest BCUT2D eigenvalue weighted by Gasteiger charge is -2.14. The summed E-state index contributed by atoms with van der Waals surface area (Å²) in [6.45, 7) is 2.38. The quantitative estimate of drug-likeness (QED) is 0.718. The number of carbonyl (C=O) groups excluding carboxylic acids is 1. The molecule has 0 aliphatic carbocycles. The standard InChI is InChI=1S/C10H14N2O2/c1-8-5-4-6-9(11-8)7-12(2)10(13)14-3/h4-6H,7H2,1-3H3. The van der Waals surface area contributed by atoms with Crippen molar-refractivity contribution in [2.75, 3.05) is 14.2 Å². The maximum atomic E-state index is 11.1. The maximum absolute atomic E-state index is 11.1. The summed E-state index contributed by atoms with van der Waals surface area (Å²) in [5, 5.41) is 0. The van der Waals surface area contributed by atoms with Crippen LogP contribution in [0.2, 0.25) is 0 Å². The third kappa shape index (κ3) is 2.73. The molecule has 1 heterocycles. The number of pyridine rings is 1. The minimum atomic E-state index is -0.353. The van der Waals surface area contributed by atoms with Crippen molar-refractivity contribution in [2.45, 2.75) is 13.5 Å². The van der Waals surface area contributed by atoms with E-state index in [9.17, 15) is 4.79 Å². The van der Waals surface area contributed by atoms with Crippen LogP contribution in [-0.2, 0) is 11.3 Å². The minimum absolute atomic E-state index is 0.353. The molecule has 0 N–H and O–H groups in total. The van der Waals surface area contributed by atoms with E-state index in [1.54, 1.807) is 7.05 Å². The van der Waals surface area contributed by atoms with Crippen LogP contribution in [0.15, 0.2) is 18.2 Å². The summed E-state index contributed by atoms with van der Waals surface area (Å²) in [7, 11) is 3.04. The van der Waals surface area contributed by atoms with Gasteiger partial charge in [-0.25, -0.2) is 4.79 Å². The van der Waals surface area contributed by atoms with E-state index in [1.807, 2.05) is 25.1 Å².